The summed E-state index contributed by atoms with van der Waals surface area (Å²) < 4.78 is 5.88. The molecule has 0 saturated heterocycles. The molecule has 0 bridgehead atoms. The Bertz CT molecular complexity index is 879. The van der Waals surface area contributed by atoms with Crippen molar-refractivity contribution in [2.45, 2.75) is 0 Å². The Labute approximate surface area is 137 Å². The van der Waals surface area contributed by atoms with Gasteiger partial charge in [0.25, 0.3) is 0 Å². The first-order chi connectivity index (χ1) is 10.0. The summed E-state index contributed by atoms with van der Waals surface area (Å²) in [6, 6.07) is 3.30. The van der Waals surface area contributed by atoms with Crippen LogP contribution < -0.4 is 10.1 Å². The van der Waals surface area contributed by atoms with Crippen molar-refractivity contribution in [3.63, 3.8) is 0 Å². The van der Waals surface area contributed by atoms with Crippen LogP contribution in [0.1, 0.15) is 0 Å². The maximum absolute atomic E-state index is 11.4. The van der Waals surface area contributed by atoms with Crippen molar-refractivity contribution in [1.82, 2.24) is 15.3 Å². The Morgan fingerprint density at radius 3 is 2.90 bits per heavy atom. The van der Waals surface area contributed by atoms with Gasteiger partial charge in [0.05, 0.1) is 15.0 Å². The van der Waals surface area contributed by atoms with Gasteiger partial charge in [0.15, 0.2) is 5.75 Å². The number of carbonyl (C=O) groups excluding carboxylic acids is 1. The second-order valence-electron chi connectivity index (χ2n) is 4.23. The molecule has 1 amide bonds. The monoisotopic (exact) mass is 387 g/mol. The zero-order valence-electron chi connectivity index (χ0n) is 10.6. The third-order valence-electron chi connectivity index (χ3n) is 2.96. The smallest absolute Gasteiger partial charge is 0.408 e. The van der Waals surface area contributed by atoms with Crippen molar-refractivity contribution in [1.29, 1.82) is 0 Å². The molecule has 21 heavy (non-hydrogen) atoms. The quantitative estimate of drug-likeness (QED) is 0.644. The first-order valence-corrected chi connectivity index (χ1v) is 7.40. The molecule has 0 radical (unpaired) electrons. The van der Waals surface area contributed by atoms with Crippen LogP contribution >= 0.6 is 39.1 Å². The number of aromatic amines is 1. The second-order valence-corrected chi connectivity index (χ2v) is 5.90. The fourth-order valence-corrected chi connectivity index (χ4v) is 2.81. The summed E-state index contributed by atoms with van der Waals surface area (Å²) in [6.45, 7) is 0. The zero-order valence-corrected chi connectivity index (χ0v) is 13.7. The molecule has 0 fully saturated rings. The molecule has 0 spiro atoms. The van der Waals surface area contributed by atoms with E-state index in [0.717, 1.165) is 5.39 Å². The number of pyridine rings is 1. The molecule has 0 aliphatic rings. The highest BCUT2D eigenvalue weighted by Crippen LogP contribution is 2.39. The molecule has 108 valence electrons. The number of hydrogen-bond acceptors (Lipinski definition) is 3. The molecule has 8 heteroatoms. The van der Waals surface area contributed by atoms with Gasteiger partial charge < -0.3 is 15.0 Å². The van der Waals surface area contributed by atoms with Crippen LogP contribution in [0.15, 0.2) is 22.8 Å². The number of ether oxygens (including phenoxy) is 1. The van der Waals surface area contributed by atoms with Crippen molar-refractivity contribution in [3.05, 3.63) is 32.8 Å². The molecule has 2 aromatic heterocycles. The van der Waals surface area contributed by atoms with Crippen molar-refractivity contribution < 1.29 is 9.53 Å². The van der Waals surface area contributed by atoms with E-state index in [1.165, 1.54) is 7.05 Å². The molecule has 1 aromatic carbocycles. The standard InChI is InChI=1S/C13H8BrCl2N3O2/c1-17-13(20)21-8-3-5(15)2-6-9-10(16)7(14)4-18-12(9)19-11(6)8/h2-4H,1H3,(H,17,20)(H,18,19). The van der Waals surface area contributed by atoms with Crippen molar-refractivity contribution in [3.8, 4) is 5.75 Å². The highest BCUT2D eigenvalue weighted by molar-refractivity contribution is 9.10. The minimum absolute atomic E-state index is 0.307. The normalized spacial score (nSPS) is 11.0. The SMILES string of the molecule is CNC(=O)Oc1cc(Cl)cc2c1[nH]c1ncc(Br)c(Cl)c12. The summed E-state index contributed by atoms with van der Waals surface area (Å²) in [4.78, 5) is 18.8. The van der Waals surface area contributed by atoms with E-state index >= 15 is 0 Å². The Hall–Kier alpha value is -1.50. The zero-order chi connectivity index (χ0) is 15.1. The number of amides is 1. The number of hydrogen-bond donors (Lipinski definition) is 2. The van der Waals surface area contributed by atoms with E-state index in [4.69, 9.17) is 27.9 Å². The van der Waals surface area contributed by atoms with Gasteiger partial charge in [0.1, 0.15) is 5.65 Å². The van der Waals surface area contributed by atoms with Crippen LogP contribution in [0, 0.1) is 0 Å². The van der Waals surface area contributed by atoms with Gasteiger partial charge in [-0.15, -0.1) is 0 Å². The van der Waals surface area contributed by atoms with E-state index < -0.39 is 6.09 Å². The predicted molar refractivity (Wildman–Crippen MR) is 86.4 cm³/mol. The Morgan fingerprint density at radius 2 is 2.19 bits per heavy atom. The highest BCUT2D eigenvalue weighted by atomic mass is 79.9. The number of rotatable bonds is 1. The molecular formula is C13H8BrCl2N3O2. The number of aromatic nitrogens is 2. The molecule has 3 aromatic rings. The number of halogens is 3. The topological polar surface area (TPSA) is 67.0 Å². The van der Waals surface area contributed by atoms with Crippen LogP contribution in [0.25, 0.3) is 21.9 Å². The molecule has 0 aliphatic heterocycles. The largest absolute Gasteiger partial charge is 0.412 e. The van der Waals surface area contributed by atoms with Crippen LogP contribution in [0.2, 0.25) is 10.0 Å². The van der Waals surface area contributed by atoms with Gasteiger partial charge in [-0.2, -0.15) is 0 Å². The third-order valence-corrected chi connectivity index (χ3v) is 4.40. The molecule has 0 unspecified atom stereocenters. The van der Waals surface area contributed by atoms with Gasteiger partial charge in [-0.05, 0) is 22.0 Å². The van der Waals surface area contributed by atoms with Crippen molar-refractivity contribution >= 4 is 67.2 Å². The second kappa shape index (κ2) is 5.36. The number of fused-ring (bicyclic) bond motifs is 3. The van der Waals surface area contributed by atoms with Crippen LogP contribution in [0.5, 0.6) is 5.75 Å². The van der Waals surface area contributed by atoms with Crippen LogP contribution in [0.3, 0.4) is 0 Å². The molecular weight excluding hydrogens is 381 g/mol. The Kier molecular flexibility index (Phi) is 3.69. The maximum Gasteiger partial charge on any atom is 0.412 e. The summed E-state index contributed by atoms with van der Waals surface area (Å²) in [7, 11) is 1.48. The number of benzene rings is 1. The Morgan fingerprint density at radius 1 is 1.43 bits per heavy atom. The minimum atomic E-state index is -0.586. The summed E-state index contributed by atoms with van der Waals surface area (Å²) in [5.41, 5.74) is 1.19. The van der Waals surface area contributed by atoms with Gasteiger partial charge in [0.2, 0.25) is 0 Å². The highest BCUT2D eigenvalue weighted by Gasteiger charge is 2.17. The number of carbonyl (C=O) groups is 1. The lowest BCUT2D eigenvalue weighted by Crippen LogP contribution is -2.22. The minimum Gasteiger partial charge on any atom is -0.408 e. The summed E-state index contributed by atoms with van der Waals surface area (Å²) >= 11 is 15.8. The maximum atomic E-state index is 11.4. The lowest BCUT2D eigenvalue weighted by Gasteiger charge is -2.05. The fraction of sp³-hybridized carbons (Fsp3) is 0.0769. The van der Waals surface area contributed by atoms with E-state index in [0.29, 0.717) is 36.8 Å². The average Bonchev–Trinajstić information content (AvgIpc) is 2.82. The van der Waals surface area contributed by atoms with Gasteiger partial charge in [0, 0.05) is 35.1 Å². The van der Waals surface area contributed by atoms with E-state index in [2.05, 4.69) is 31.2 Å². The molecule has 0 saturated carbocycles. The summed E-state index contributed by atoms with van der Waals surface area (Å²) in [5, 5.41) is 4.77. The number of H-pyrrole nitrogens is 1. The van der Waals surface area contributed by atoms with Crippen LogP contribution in [0.4, 0.5) is 4.79 Å². The third kappa shape index (κ3) is 2.43. The number of nitrogens with zero attached hydrogens (tertiary/aromatic N) is 1. The summed E-state index contributed by atoms with van der Waals surface area (Å²) in [5.74, 6) is 0.307. The van der Waals surface area contributed by atoms with Gasteiger partial charge in [-0.25, -0.2) is 9.78 Å². The molecule has 2 N–H and O–H groups in total. The lowest BCUT2D eigenvalue weighted by molar-refractivity contribution is 0.203. The van der Waals surface area contributed by atoms with Crippen molar-refractivity contribution in [2.24, 2.45) is 0 Å². The van der Waals surface area contributed by atoms with E-state index in [1.54, 1.807) is 18.3 Å². The molecule has 0 aliphatic carbocycles. The lowest BCUT2D eigenvalue weighted by atomic mass is 10.2. The van der Waals surface area contributed by atoms with Crippen molar-refractivity contribution in [2.75, 3.05) is 7.05 Å². The van der Waals surface area contributed by atoms with Gasteiger partial charge in [-0.1, -0.05) is 23.2 Å². The first-order valence-electron chi connectivity index (χ1n) is 5.85. The molecule has 2 heterocycles. The predicted octanol–water partition coefficient (Wildman–Crippen LogP) is 4.50. The van der Waals surface area contributed by atoms with Crippen LogP contribution in [-0.2, 0) is 0 Å². The average molecular weight is 389 g/mol. The van der Waals surface area contributed by atoms with Crippen LogP contribution in [-0.4, -0.2) is 23.1 Å². The molecule has 5 nitrogen and oxygen atoms in total. The van der Waals surface area contributed by atoms with Gasteiger partial charge >= 0.3 is 6.09 Å². The molecule has 3 rings (SSSR count). The number of nitrogens with one attached hydrogen (secondary N) is 2. The summed E-state index contributed by atoms with van der Waals surface area (Å²) in [6.07, 6.45) is 1.01. The van der Waals surface area contributed by atoms with E-state index in [9.17, 15) is 4.79 Å². The molecule has 0 atom stereocenters. The first kappa shape index (κ1) is 14.4. The Balaban J connectivity index is 2.36. The fourth-order valence-electron chi connectivity index (χ4n) is 2.06. The van der Waals surface area contributed by atoms with E-state index in [-0.39, 0.29) is 0 Å². The van der Waals surface area contributed by atoms with Gasteiger partial charge in [-0.3, -0.25) is 0 Å². The van der Waals surface area contributed by atoms with E-state index in [1.807, 2.05) is 0 Å².